The fourth-order valence-corrected chi connectivity index (χ4v) is 2.41. The van der Waals surface area contributed by atoms with Gasteiger partial charge in [-0.05, 0) is 24.3 Å². The van der Waals surface area contributed by atoms with Crippen LogP contribution in [0.1, 0.15) is 0 Å². The second-order valence-electron chi connectivity index (χ2n) is 5.40. The normalized spacial score (nSPS) is 15.0. The third-order valence-corrected chi connectivity index (χ3v) is 3.74. The van der Waals surface area contributed by atoms with Crippen LogP contribution in [0.3, 0.4) is 0 Å². The van der Waals surface area contributed by atoms with Crippen LogP contribution in [0.2, 0.25) is 0 Å². The molecular weight excluding hydrogens is 308 g/mol. The first-order valence-electron chi connectivity index (χ1n) is 7.98. The molecule has 0 spiro atoms. The second-order valence-corrected chi connectivity index (χ2v) is 5.40. The number of ether oxygens (including phenoxy) is 2. The minimum absolute atomic E-state index is 0.455. The van der Waals surface area contributed by atoms with Crippen molar-refractivity contribution in [3.8, 4) is 5.75 Å². The fraction of sp³-hybridized carbons (Fsp3) is 0.438. The highest BCUT2D eigenvalue weighted by molar-refractivity contribution is 5.55. The molecule has 8 heteroatoms. The van der Waals surface area contributed by atoms with Crippen LogP contribution in [0.5, 0.6) is 5.75 Å². The highest BCUT2D eigenvalue weighted by Crippen LogP contribution is 2.17. The molecule has 1 aromatic carbocycles. The molecular formula is C16H22N6O2. The van der Waals surface area contributed by atoms with E-state index in [2.05, 4.69) is 30.7 Å². The van der Waals surface area contributed by atoms with Gasteiger partial charge in [-0.1, -0.05) is 0 Å². The highest BCUT2D eigenvalue weighted by Gasteiger charge is 2.09. The minimum Gasteiger partial charge on any atom is -0.497 e. The first-order chi connectivity index (χ1) is 11.8. The van der Waals surface area contributed by atoms with Crippen LogP contribution in [-0.4, -0.2) is 66.6 Å². The Hall–Kier alpha value is -2.45. The van der Waals surface area contributed by atoms with Gasteiger partial charge in [0, 0.05) is 31.9 Å². The second kappa shape index (κ2) is 8.42. The van der Waals surface area contributed by atoms with Crippen molar-refractivity contribution in [3.63, 3.8) is 0 Å². The third kappa shape index (κ3) is 4.77. The zero-order valence-electron chi connectivity index (χ0n) is 13.7. The molecule has 0 amide bonds. The van der Waals surface area contributed by atoms with E-state index in [0.29, 0.717) is 11.8 Å². The maximum Gasteiger partial charge on any atom is 0.249 e. The number of benzene rings is 1. The minimum atomic E-state index is 0.455. The Labute approximate surface area is 141 Å². The van der Waals surface area contributed by atoms with Crippen molar-refractivity contribution in [2.45, 2.75) is 0 Å². The van der Waals surface area contributed by atoms with Crippen molar-refractivity contribution in [2.75, 3.05) is 57.1 Å². The third-order valence-electron chi connectivity index (χ3n) is 3.74. The Morgan fingerprint density at radius 2 is 2.00 bits per heavy atom. The van der Waals surface area contributed by atoms with Crippen molar-refractivity contribution in [2.24, 2.45) is 0 Å². The van der Waals surface area contributed by atoms with Crippen molar-refractivity contribution < 1.29 is 9.47 Å². The molecule has 0 bridgehead atoms. The molecule has 3 rings (SSSR count). The summed E-state index contributed by atoms with van der Waals surface area (Å²) in [4.78, 5) is 6.79. The molecule has 1 aromatic heterocycles. The lowest BCUT2D eigenvalue weighted by molar-refractivity contribution is 0.0398. The number of hydrogen-bond donors (Lipinski definition) is 2. The average Bonchev–Trinajstić information content (AvgIpc) is 2.64. The van der Waals surface area contributed by atoms with Gasteiger partial charge in [0.2, 0.25) is 5.95 Å². The predicted molar refractivity (Wildman–Crippen MR) is 91.9 cm³/mol. The summed E-state index contributed by atoms with van der Waals surface area (Å²) < 4.78 is 10.5. The molecule has 1 fully saturated rings. The van der Waals surface area contributed by atoms with Gasteiger partial charge in [0.25, 0.3) is 0 Å². The van der Waals surface area contributed by atoms with Gasteiger partial charge >= 0.3 is 0 Å². The largest absolute Gasteiger partial charge is 0.497 e. The quantitative estimate of drug-likeness (QED) is 0.787. The van der Waals surface area contributed by atoms with E-state index in [0.717, 1.165) is 50.8 Å². The molecule has 0 saturated carbocycles. The van der Waals surface area contributed by atoms with E-state index in [1.54, 1.807) is 13.3 Å². The molecule has 2 N–H and O–H groups in total. The number of morpholine rings is 1. The summed E-state index contributed by atoms with van der Waals surface area (Å²) in [5.41, 5.74) is 0.878. The highest BCUT2D eigenvalue weighted by atomic mass is 16.5. The molecule has 1 saturated heterocycles. The number of methoxy groups -OCH3 is 1. The Balaban J connectivity index is 1.51. The average molecular weight is 330 g/mol. The number of aromatic nitrogens is 3. The first-order valence-corrected chi connectivity index (χ1v) is 7.98. The summed E-state index contributed by atoms with van der Waals surface area (Å²) >= 11 is 0. The lowest BCUT2D eigenvalue weighted by atomic mass is 10.3. The summed E-state index contributed by atoms with van der Waals surface area (Å²) in [5, 5.41) is 14.4. The SMILES string of the molecule is COc1ccc(Nc2nncc(NCCN3CCOCC3)n2)cc1. The van der Waals surface area contributed by atoms with Crippen molar-refractivity contribution in [1.29, 1.82) is 0 Å². The zero-order valence-corrected chi connectivity index (χ0v) is 13.7. The molecule has 8 nitrogen and oxygen atoms in total. The Kier molecular flexibility index (Phi) is 5.75. The van der Waals surface area contributed by atoms with Crippen LogP contribution in [0.15, 0.2) is 30.5 Å². The van der Waals surface area contributed by atoms with E-state index >= 15 is 0 Å². The van der Waals surface area contributed by atoms with Crippen molar-refractivity contribution in [3.05, 3.63) is 30.5 Å². The summed E-state index contributed by atoms with van der Waals surface area (Å²) in [7, 11) is 1.64. The van der Waals surface area contributed by atoms with Gasteiger partial charge in [0.05, 0.1) is 26.5 Å². The van der Waals surface area contributed by atoms with Crippen LogP contribution in [0, 0.1) is 0 Å². The lowest BCUT2D eigenvalue weighted by Gasteiger charge is -2.26. The maximum absolute atomic E-state index is 5.34. The predicted octanol–water partition coefficient (Wildman–Crippen LogP) is 1.37. The van der Waals surface area contributed by atoms with Crippen molar-refractivity contribution in [1.82, 2.24) is 20.1 Å². The van der Waals surface area contributed by atoms with E-state index in [9.17, 15) is 0 Å². The summed E-state index contributed by atoms with van der Waals surface area (Å²) in [6, 6.07) is 7.56. The number of rotatable bonds is 7. The molecule has 24 heavy (non-hydrogen) atoms. The number of nitrogens with zero attached hydrogens (tertiary/aromatic N) is 4. The van der Waals surface area contributed by atoms with Gasteiger partial charge in [0.15, 0.2) is 5.82 Å². The molecule has 0 radical (unpaired) electrons. The number of hydrogen-bond acceptors (Lipinski definition) is 8. The molecule has 2 aromatic rings. The number of nitrogens with one attached hydrogen (secondary N) is 2. The first kappa shape index (κ1) is 16.4. The van der Waals surface area contributed by atoms with E-state index < -0.39 is 0 Å². The van der Waals surface area contributed by atoms with E-state index in [1.165, 1.54) is 0 Å². The summed E-state index contributed by atoms with van der Waals surface area (Å²) in [6.45, 7) is 5.34. The van der Waals surface area contributed by atoms with Crippen LogP contribution in [0.25, 0.3) is 0 Å². The molecule has 2 heterocycles. The van der Waals surface area contributed by atoms with Gasteiger partial charge in [0.1, 0.15) is 5.75 Å². The zero-order chi connectivity index (χ0) is 16.6. The summed E-state index contributed by atoms with van der Waals surface area (Å²) in [5.74, 6) is 1.96. The van der Waals surface area contributed by atoms with Gasteiger partial charge in [-0.3, -0.25) is 4.90 Å². The Morgan fingerprint density at radius 3 is 2.75 bits per heavy atom. The van der Waals surface area contributed by atoms with Crippen LogP contribution < -0.4 is 15.4 Å². The van der Waals surface area contributed by atoms with Gasteiger partial charge < -0.3 is 20.1 Å². The van der Waals surface area contributed by atoms with Crippen LogP contribution in [0.4, 0.5) is 17.5 Å². The molecule has 0 atom stereocenters. The van der Waals surface area contributed by atoms with Crippen LogP contribution in [-0.2, 0) is 4.74 Å². The van der Waals surface area contributed by atoms with E-state index in [1.807, 2.05) is 24.3 Å². The fourth-order valence-electron chi connectivity index (χ4n) is 2.41. The van der Waals surface area contributed by atoms with Crippen LogP contribution >= 0.6 is 0 Å². The monoisotopic (exact) mass is 330 g/mol. The molecule has 1 aliphatic heterocycles. The molecule has 0 unspecified atom stereocenters. The van der Waals surface area contributed by atoms with E-state index in [4.69, 9.17) is 9.47 Å². The van der Waals surface area contributed by atoms with Gasteiger partial charge in [-0.2, -0.15) is 10.1 Å². The van der Waals surface area contributed by atoms with Crippen molar-refractivity contribution >= 4 is 17.5 Å². The lowest BCUT2D eigenvalue weighted by Crippen LogP contribution is -2.39. The Morgan fingerprint density at radius 1 is 1.21 bits per heavy atom. The molecule has 0 aliphatic carbocycles. The topological polar surface area (TPSA) is 84.4 Å². The summed E-state index contributed by atoms with van der Waals surface area (Å²) in [6.07, 6.45) is 1.62. The smallest absolute Gasteiger partial charge is 0.249 e. The molecule has 128 valence electrons. The van der Waals surface area contributed by atoms with Gasteiger partial charge in [-0.25, -0.2) is 0 Å². The van der Waals surface area contributed by atoms with Gasteiger partial charge in [-0.15, -0.1) is 5.10 Å². The Bertz CT molecular complexity index is 631. The maximum atomic E-state index is 5.34. The number of anilines is 3. The van der Waals surface area contributed by atoms with E-state index in [-0.39, 0.29) is 0 Å². The standard InChI is InChI=1S/C16H22N6O2/c1-23-14-4-2-13(3-5-14)19-16-20-15(12-18-21-16)17-6-7-22-8-10-24-11-9-22/h2-5,12H,6-11H2,1H3,(H2,17,19,20,21). The molecule has 1 aliphatic rings.